The van der Waals surface area contributed by atoms with Crippen molar-refractivity contribution in [3.63, 3.8) is 0 Å². The topological polar surface area (TPSA) is 26.2 Å². The Kier molecular flexibility index (Phi) is 4.79. The Bertz CT molecular complexity index is 490. The quantitative estimate of drug-likeness (QED) is 0.759. The Balaban J connectivity index is 2.23. The highest BCUT2D eigenvalue weighted by molar-refractivity contribution is 5.84. The lowest BCUT2D eigenvalue weighted by Crippen LogP contribution is -2.10. The minimum absolute atomic E-state index is 0.778. The van der Waals surface area contributed by atoms with Crippen LogP contribution in [0, 0.1) is 0 Å². The average Bonchev–Trinajstić information content (AvgIpc) is 2.76. The van der Waals surface area contributed by atoms with Gasteiger partial charge in [-0.3, -0.25) is 0 Å². The van der Waals surface area contributed by atoms with Gasteiger partial charge in [-0.1, -0.05) is 18.2 Å². The zero-order valence-electron chi connectivity index (χ0n) is 11.3. The molecule has 1 aromatic heterocycles. The molecule has 0 radical (unpaired) electrons. The lowest BCUT2D eigenvalue weighted by Gasteiger charge is -2.04. The largest absolute Gasteiger partial charge is 0.380 e. The lowest BCUT2D eigenvalue weighted by atomic mass is 10.1. The fraction of sp³-hybridized carbons (Fsp3) is 0.467. The van der Waals surface area contributed by atoms with Gasteiger partial charge in [0.25, 0.3) is 0 Å². The maximum absolute atomic E-state index is 5.44. The Morgan fingerprint density at radius 3 is 2.89 bits per heavy atom. The predicted molar refractivity (Wildman–Crippen MR) is 76.1 cm³/mol. The van der Waals surface area contributed by atoms with Crippen LogP contribution in [0.25, 0.3) is 10.9 Å². The summed E-state index contributed by atoms with van der Waals surface area (Å²) >= 11 is 0. The number of para-hydroxylation sites is 1. The van der Waals surface area contributed by atoms with Gasteiger partial charge in [0, 0.05) is 30.3 Å². The molecule has 0 saturated heterocycles. The van der Waals surface area contributed by atoms with Crippen LogP contribution in [0.4, 0.5) is 0 Å². The van der Waals surface area contributed by atoms with Crippen molar-refractivity contribution in [2.24, 2.45) is 0 Å². The highest BCUT2D eigenvalue weighted by atomic mass is 16.5. The first kappa shape index (κ1) is 13.1. The molecule has 3 heteroatoms. The Morgan fingerprint density at radius 1 is 1.28 bits per heavy atom. The van der Waals surface area contributed by atoms with Crippen LogP contribution in [0.15, 0.2) is 30.5 Å². The van der Waals surface area contributed by atoms with Gasteiger partial charge < -0.3 is 14.6 Å². The van der Waals surface area contributed by atoms with E-state index in [0.29, 0.717) is 0 Å². The molecule has 0 amide bonds. The van der Waals surface area contributed by atoms with Gasteiger partial charge in [0.05, 0.1) is 6.61 Å². The number of benzene rings is 1. The normalized spacial score (nSPS) is 11.2. The summed E-state index contributed by atoms with van der Waals surface area (Å²) in [6.07, 6.45) is 3.33. The number of hydrogen-bond donors (Lipinski definition) is 1. The molecule has 2 aromatic rings. The van der Waals surface area contributed by atoms with E-state index in [1.165, 1.54) is 16.5 Å². The van der Waals surface area contributed by atoms with Crippen LogP contribution in [-0.2, 0) is 17.7 Å². The van der Waals surface area contributed by atoms with Gasteiger partial charge in [-0.15, -0.1) is 0 Å². The maximum atomic E-state index is 5.44. The van der Waals surface area contributed by atoms with Gasteiger partial charge in [0.1, 0.15) is 0 Å². The molecule has 1 aromatic carbocycles. The van der Waals surface area contributed by atoms with Gasteiger partial charge in [-0.05, 0) is 38.6 Å². The van der Waals surface area contributed by atoms with E-state index >= 15 is 0 Å². The molecule has 0 spiro atoms. The SMILES string of the molecule is CCOCCn1cc(CCNC)c2ccccc21. The van der Waals surface area contributed by atoms with Crippen LogP contribution in [0.1, 0.15) is 12.5 Å². The van der Waals surface area contributed by atoms with Crippen molar-refractivity contribution in [1.82, 2.24) is 9.88 Å². The van der Waals surface area contributed by atoms with Gasteiger partial charge in [-0.2, -0.15) is 0 Å². The molecule has 0 aliphatic rings. The first-order chi connectivity index (χ1) is 8.86. The number of rotatable bonds is 7. The van der Waals surface area contributed by atoms with E-state index in [2.05, 4.69) is 40.3 Å². The Morgan fingerprint density at radius 2 is 2.11 bits per heavy atom. The van der Waals surface area contributed by atoms with Crippen molar-refractivity contribution >= 4 is 10.9 Å². The molecule has 98 valence electrons. The van der Waals surface area contributed by atoms with Gasteiger partial charge in [-0.25, -0.2) is 0 Å². The third-order valence-corrected chi connectivity index (χ3v) is 3.20. The molecular weight excluding hydrogens is 224 g/mol. The zero-order valence-corrected chi connectivity index (χ0v) is 11.3. The van der Waals surface area contributed by atoms with Gasteiger partial charge in [0.2, 0.25) is 0 Å². The van der Waals surface area contributed by atoms with E-state index in [-0.39, 0.29) is 0 Å². The second-order valence-electron chi connectivity index (χ2n) is 4.42. The molecule has 18 heavy (non-hydrogen) atoms. The first-order valence-corrected chi connectivity index (χ1v) is 6.66. The highest BCUT2D eigenvalue weighted by Gasteiger charge is 2.07. The predicted octanol–water partition coefficient (Wildman–Crippen LogP) is 2.44. The van der Waals surface area contributed by atoms with Crippen LogP contribution in [0.3, 0.4) is 0 Å². The Labute approximate surface area is 109 Å². The summed E-state index contributed by atoms with van der Waals surface area (Å²) in [5, 5.41) is 4.57. The molecule has 0 saturated carbocycles. The van der Waals surface area contributed by atoms with E-state index < -0.39 is 0 Å². The van der Waals surface area contributed by atoms with Crippen LogP contribution < -0.4 is 5.32 Å². The van der Waals surface area contributed by atoms with Crippen LogP contribution in [-0.4, -0.2) is 31.4 Å². The number of nitrogens with one attached hydrogen (secondary N) is 1. The summed E-state index contributed by atoms with van der Waals surface area (Å²) < 4.78 is 7.75. The third-order valence-electron chi connectivity index (χ3n) is 3.20. The van der Waals surface area contributed by atoms with E-state index in [0.717, 1.165) is 32.7 Å². The number of fused-ring (bicyclic) bond motifs is 1. The summed E-state index contributed by atoms with van der Waals surface area (Å²) in [4.78, 5) is 0. The van der Waals surface area contributed by atoms with Crippen molar-refractivity contribution in [2.75, 3.05) is 26.8 Å². The molecule has 0 unspecified atom stereocenters. The highest BCUT2D eigenvalue weighted by Crippen LogP contribution is 2.21. The number of ether oxygens (including phenoxy) is 1. The standard InChI is InChI=1S/C15H22N2O/c1-3-18-11-10-17-12-13(8-9-16-2)14-6-4-5-7-15(14)17/h4-7,12,16H,3,8-11H2,1-2H3. The van der Waals surface area contributed by atoms with E-state index in [9.17, 15) is 0 Å². The van der Waals surface area contributed by atoms with Crippen molar-refractivity contribution in [1.29, 1.82) is 0 Å². The zero-order chi connectivity index (χ0) is 12.8. The Hall–Kier alpha value is -1.32. The third kappa shape index (κ3) is 2.92. The smallest absolute Gasteiger partial charge is 0.0645 e. The molecule has 0 aliphatic carbocycles. The van der Waals surface area contributed by atoms with Crippen LogP contribution in [0.2, 0.25) is 0 Å². The molecule has 0 bridgehead atoms. The first-order valence-electron chi connectivity index (χ1n) is 6.66. The minimum Gasteiger partial charge on any atom is -0.380 e. The molecule has 1 heterocycles. The summed E-state index contributed by atoms with van der Waals surface area (Å²) in [6, 6.07) is 8.60. The van der Waals surface area contributed by atoms with Gasteiger partial charge >= 0.3 is 0 Å². The van der Waals surface area contributed by atoms with E-state index in [4.69, 9.17) is 4.74 Å². The molecule has 2 rings (SSSR count). The maximum Gasteiger partial charge on any atom is 0.0645 e. The van der Waals surface area contributed by atoms with Crippen molar-refractivity contribution in [2.45, 2.75) is 19.9 Å². The monoisotopic (exact) mass is 246 g/mol. The molecular formula is C15H22N2O. The molecule has 3 nitrogen and oxygen atoms in total. The van der Waals surface area contributed by atoms with E-state index in [1.807, 2.05) is 14.0 Å². The van der Waals surface area contributed by atoms with Crippen molar-refractivity contribution in [3.05, 3.63) is 36.0 Å². The van der Waals surface area contributed by atoms with Crippen LogP contribution >= 0.6 is 0 Å². The summed E-state index contributed by atoms with van der Waals surface area (Å²) in [7, 11) is 1.99. The summed E-state index contributed by atoms with van der Waals surface area (Å²) in [5.74, 6) is 0. The number of aromatic nitrogens is 1. The molecule has 0 atom stereocenters. The molecule has 0 aliphatic heterocycles. The number of nitrogens with zero attached hydrogens (tertiary/aromatic N) is 1. The summed E-state index contributed by atoms with van der Waals surface area (Å²) in [5.41, 5.74) is 2.72. The fourth-order valence-corrected chi connectivity index (χ4v) is 2.27. The van der Waals surface area contributed by atoms with Crippen molar-refractivity contribution < 1.29 is 4.74 Å². The second kappa shape index (κ2) is 6.57. The molecule has 0 fully saturated rings. The van der Waals surface area contributed by atoms with Crippen molar-refractivity contribution in [3.8, 4) is 0 Å². The molecule has 1 N–H and O–H groups in total. The fourth-order valence-electron chi connectivity index (χ4n) is 2.27. The number of likely N-dealkylation sites (N-methyl/N-ethyl adjacent to an activating group) is 1. The number of hydrogen-bond acceptors (Lipinski definition) is 2. The van der Waals surface area contributed by atoms with E-state index in [1.54, 1.807) is 0 Å². The average molecular weight is 246 g/mol. The summed E-state index contributed by atoms with van der Waals surface area (Å²) in [6.45, 7) is 5.53. The minimum atomic E-state index is 0.778. The second-order valence-corrected chi connectivity index (χ2v) is 4.42. The van der Waals surface area contributed by atoms with Gasteiger partial charge in [0.15, 0.2) is 0 Å². The lowest BCUT2D eigenvalue weighted by molar-refractivity contribution is 0.140. The van der Waals surface area contributed by atoms with Crippen LogP contribution in [0.5, 0.6) is 0 Å².